The van der Waals surface area contributed by atoms with Crippen LogP contribution in [0.3, 0.4) is 0 Å². The summed E-state index contributed by atoms with van der Waals surface area (Å²) in [6, 6.07) is 18.6. The Morgan fingerprint density at radius 2 is 1.48 bits per heavy atom. The first kappa shape index (κ1) is 18.6. The Hall–Kier alpha value is -2.43. The normalized spacial score (nSPS) is 10.2. The average Bonchev–Trinajstić information content (AvgIpc) is 2.56. The molecule has 0 aliphatic carbocycles. The summed E-state index contributed by atoms with van der Waals surface area (Å²) in [5, 5.41) is 4.36. The largest absolute Gasteiger partial charge is 0.376 e. The molecule has 23 heavy (non-hydrogen) atoms. The number of hydrogen-bond acceptors (Lipinski definition) is 4. The van der Waals surface area contributed by atoms with Crippen LogP contribution in [0.2, 0.25) is 0 Å². The maximum Gasteiger partial charge on any atom is 0.376 e. The second kappa shape index (κ2) is 9.56. The van der Waals surface area contributed by atoms with E-state index in [1.165, 1.54) is 5.56 Å². The summed E-state index contributed by atoms with van der Waals surface area (Å²) < 4.78 is 0. The Morgan fingerprint density at radius 3 is 1.91 bits per heavy atom. The van der Waals surface area contributed by atoms with Crippen molar-refractivity contribution in [3.8, 4) is 0 Å². The second-order valence-electron chi connectivity index (χ2n) is 5.62. The molecule has 2 rings (SSSR count). The van der Waals surface area contributed by atoms with Crippen LogP contribution in [-0.4, -0.2) is 11.6 Å². The summed E-state index contributed by atoms with van der Waals surface area (Å²) in [4.78, 5) is 20.5. The maximum atomic E-state index is 11.3. The summed E-state index contributed by atoms with van der Waals surface area (Å²) in [6.45, 7) is 8.97. The lowest BCUT2D eigenvalue weighted by molar-refractivity contribution is -0.510. The molecule has 4 nitrogen and oxygen atoms in total. The lowest BCUT2D eigenvalue weighted by Gasteiger charge is -2.15. The molecule has 0 aliphatic rings. The van der Waals surface area contributed by atoms with Crippen LogP contribution in [-0.2, 0) is 14.8 Å². The molecule has 0 bridgehead atoms. The van der Waals surface area contributed by atoms with E-state index in [0.29, 0.717) is 5.56 Å². The predicted octanol–water partition coefficient (Wildman–Crippen LogP) is 4.83. The second-order valence-corrected chi connectivity index (χ2v) is 5.62. The van der Waals surface area contributed by atoms with Crippen molar-refractivity contribution in [2.24, 2.45) is 0 Å². The highest BCUT2D eigenvalue weighted by atomic mass is 17.5. The molecule has 0 heterocycles. The molecule has 0 spiro atoms. The minimum atomic E-state index is -0.583. The van der Waals surface area contributed by atoms with Crippen LogP contribution < -0.4 is 0 Å². The minimum Gasteiger partial charge on any atom is -0.263 e. The van der Waals surface area contributed by atoms with Crippen LogP contribution >= 0.6 is 0 Å². The van der Waals surface area contributed by atoms with Gasteiger partial charge in [-0.15, -0.1) is 0 Å². The lowest BCUT2D eigenvalue weighted by atomic mass is 10.2. The van der Waals surface area contributed by atoms with E-state index in [4.69, 9.17) is 4.89 Å². The lowest BCUT2D eigenvalue weighted by Crippen LogP contribution is -2.20. The third-order valence-electron chi connectivity index (χ3n) is 2.44. The van der Waals surface area contributed by atoms with Crippen molar-refractivity contribution in [2.75, 3.05) is 0 Å². The predicted molar refractivity (Wildman–Crippen MR) is 90.3 cm³/mol. The fraction of sp³-hybridized carbons (Fsp3) is 0.211. The smallest absolute Gasteiger partial charge is 0.263 e. The molecule has 0 fully saturated rings. The van der Waals surface area contributed by atoms with E-state index in [9.17, 15) is 4.79 Å². The molecule has 0 atom stereocenters. The molecule has 2 aromatic carbocycles. The molecule has 122 valence electrons. The number of rotatable bonds is 4. The monoisotopic (exact) mass is 314 g/mol. The van der Waals surface area contributed by atoms with E-state index in [2.05, 4.69) is 16.5 Å². The highest BCUT2D eigenvalue weighted by molar-refractivity contribution is 5.88. The maximum absolute atomic E-state index is 11.3. The number of carbonyl (C=O) groups is 1. The summed E-state index contributed by atoms with van der Waals surface area (Å²) in [6.07, 6.45) is 1.83. The third-order valence-corrected chi connectivity index (χ3v) is 2.44. The van der Waals surface area contributed by atoms with Gasteiger partial charge >= 0.3 is 5.97 Å². The first-order valence-corrected chi connectivity index (χ1v) is 7.21. The van der Waals surface area contributed by atoms with Gasteiger partial charge in [-0.1, -0.05) is 61.2 Å². The van der Waals surface area contributed by atoms with Crippen molar-refractivity contribution in [3.63, 3.8) is 0 Å². The number of benzene rings is 2. The molecule has 0 radical (unpaired) electrons. The molecule has 0 saturated carbocycles. The van der Waals surface area contributed by atoms with Gasteiger partial charge in [0, 0.05) is 0 Å². The Balaban J connectivity index is 0.000000277. The molecule has 0 aliphatic heterocycles. The standard InChI is InChI=1S/C11H14O4.C8H8/c1-11(2,3)14-15-13-10(12)9-7-5-4-6-8-9;1-2-8-6-4-3-5-7-8/h4-8H,1-3H3;2-7H,1H2. The number of hydrogen-bond donors (Lipinski definition) is 0. The minimum absolute atomic E-state index is 0.412. The van der Waals surface area contributed by atoms with E-state index in [0.717, 1.165) is 0 Å². The molecule has 0 saturated heterocycles. The fourth-order valence-corrected chi connectivity index (χ4v) is 1.36. The first-order chi connectivity index (χ1) is 10.9. The highest BCUT2D eigenvalue weighted by Gasteiger charge is 2.14. The molecule has 0 unspecified atom stereocenters. The van der Waals surface area contributed by atoms with Crippen molar-refractivity contribution >= 4 is 12.0 Å². The van der Waals surface area contributed by atoms with E-state index < -0.39 is 11.6 Å². The summed E-state index contributed by atoms with van der Waals surface area (Å²) in [7, 11) is 0. The van der Waals surface area contributed by atoms with E-state index in [1.807, 2.05) is 42.5 Å². The van der Waals surface area contributed by atoms with Gasteiger partial charge in [0.1, 0.15) is 0 Å². The van der Waals surface area contributed by atoms with Crippen LogP contribution in [0.5, 0.6) is 0 Å². The summed E-state index contributed by atoms with van der Waals surface area (Å²) in [5.41, 5.74) is 1.07. The third kappa shape index (κ3) is 8.56. The number of carbonyl (C=O) groups excluding carboxylic acids is 1. The Morgan fingerprint density at radius 1 is 0.957 bits per heavy atom. The SMILES string of the molecule is C=Cc1ccccc1.CC(C)(C)OOOC(=O)c1ccccc1. The zero-order valence-electron chi connectivity index (χ0n) is 13.7. The fourth-order valence-electron chi connectivity index (χ4n) is 1.36. The van der Waals surface area contributed by atoms with E-state index in [1.54, 1.807) is 45.0 Å². The van der Waals surface area contributed by atoms with Gasteiger partial charge in [0.2, 0.25) is 0 Å². The van der Waals surface area contributed by atoms with Crippen molar-refractivity contribution in [1.82, 2.24) is 0 Å². The van der Waals surface area contributed by atoms with Gasteiger partial charge in [0.25, 0.3) is 0 Å². The molecule has 2 aromatic rings. The molecule has 0 amide bonds. The topological polar surface area (TPSA) is 44.8 Å². The quantitative estimate of drug-likeness (QED) is 0.598. The van der Waals surface area contributed by atoms with E-state index in [-0.39, 0.29) is 0 Å². The van der Waals surface area contributed by atoms with Crippen molar-refractivity contribution in [3.05, 3.63) is 78.4 Å². The van der Waals surface area contributed by atoms with Gasteiger partial charge in [0.05, 0.1) is 11.2 Å². The van der Waals surface area contributed by atoms with Gasteiger partial charge in [0.15, 0.2) is 0 Å². The van der Waals surface area contributed by atoms with Crippen LogP contribution in [0.4, 0.5) is 0 Å². The Bertz CT molecular complexity index is 586. The van der Waals surface area contributed by atoms with Crippen molar-refractivity contribution in [2.45, 2.75) is 26.4 Å². The van der Waals surface area contributed by atoms with Crippen LogP contribution in [0, 0.1) is 0 Å². The highest BCUT2D eigenvalue weighted by Crippen LogP contribution is 2.08. The van der Waals surface area contributed by atoms with Gasteiger partial charge < -0.3 is 0 Å². The molecular weight excluding hydrogens is 292 g/mol. The Labute approximate surface area is 137 Å². The van der Waals surface area contributed by atoms with Crippen LogP contribution in [0.25, 0.3) is 6.08 Å². The Kier molecular flexibility index (Phi) is 7.74. The average molecular weight is 314 g/mol. The van der Waals surface area contributed by atoms with Gasteiger partial charge in [-0.3, -0.25) is 4.89 Å². The zero-order valence-corrected chi connectivity index (χ0v) is 13.7. The van der Waals surface area contributed by atoms with Crippen LogP contribution in [0.1, 0.15) is 36.7 Å². The molecule has 0 aromatic heterocycles. The van der Waals surface area contributed by atoms with Crippen molar-refractivity contribution in [1.29, 1.82) is 0 Å². The van der Waals surface area contributed by atoms with Crippen LogP contribution in [0.15, 0.2) is 67.2 Å². The molecular formula is C19H22O4. The summed E-state index contributed by atoms with van der Waals surface area (Å²) in [5.74, 6) is -0.583. The zero-order chi connectivity index (χ0) is 17.1. The van der Waals surface area contributed by atoms with Gasteiger partial charge in [-0.05, 0) is 43.5 Å². The van der Waals surface area contributed by atoms with Gasteiger partial charge in [-0.2, -0.15) is 4.89 Å². The van der Waals surface area contributed by atoms with Crippen molar-refractivity contribution < 1.29 is 19.6 Å². The first-order valence-electron chi connectivity index (χ1n) is 7.21. The molecule has 0 N–H and O–H groups in total. The summed E-state index contributed by atoms with van der Waals surface area (Å²) >= 11 is 0. The van der Waals surface area contributed by atoms with Gasteiger partial charge in [-0.25, -0.2) is 4.79 Å². The van der Waals surface area contributed by atoms with E-state index >= 15 is 0 Å². The molecule has 4 heteroatoms.